The van der Waals surface area contributed by atoms with Crippen LogP contribution in [0.2, 0.25) is 0 Å². The van der Waals surface area contributed by atoms with E-state index in [0.29, 0.717) is 28.2 Å². The zero-order valence-corrected chi connectivity index (χ0v) is 10.7. The van der Waals surface area contributed by atoms with E-state index < -0.39 is 5.97 Å². The van der Waals surface area contributed by atoms with Crippen LogP contribution in [0.1, 0.15) is 10.4 Å². The SMILES string of the molecule is O=C(O)c1cccc2nnn(-c3ccc4c(c3)OCO4)c12. The van der Waals surface area contributed by atoms with Gasteiger partial charge in [-0.25, -0.2) is 9.48 Å². The topological polar surface area (TPSA) is 86.5 Å². The Bertz CT molecular complexity index is 872. The van der Waals surface area contributed by atoms with Gasteiger partial charge in [-0.1, -0.05) is 11.3 Å². The predicted molar refractivity (Wildman–Crippen MR) is 71.9 cm³/mol. The number of hydrogen-bond donors (Lipinski definition) is 1. The monoisotopic (exact) mass is 283 g/mol. The first kappa shape index (κ1) is 11.7. The molecule has 0 saturated heterocycles. The number of benzene rings is 2. The van der Waals surface area contributed by atoms with Gasteiger partial charge in [0.15, 0.2) is 11.5 Å². The van der Waals surface area contributed by atoms with Gasteiger partial charge in [-0.05, 0) is 24.3 Å². The van der Waals surface area contributed by atoms with Gasteiger partial charge in [0, 0.05) is 6.07 Å². The molecule has 4 rings (SSSR count). The summed E-state index contributed by atoms with van der Waals surface area (Å²) in [4.78, 5) is 11.4. The van der Waals surface area contributed by atoms with Crippen molar-refractivity contribution < 1.29 is 19.4 Å². The first-order valence-corrected chi connectivity index (χ1v) is 6.22. The van der Waals surface area contributed by atoms with Crippen LogP contribution in [0.3, 0.4) is 0 Å². The maximum absolute atomic E-state index is 11.4. The van der Waals surface area contributed by atoms with Gasteiger partial charge < -0.3 is 14.6 Å². The third kappa shape index (κ3) is 1.71. The van der Waals surface area contributed by atoms with Crippen LogP contribution in [0, 0.1) is 0 Å². The van der Waals surface area contributed by atoms with Crippen molar-refractivity contribution in [3.05, 3.63) is 42.0 Å². The molecule has 1 aliphatic heterocycles. The summed E-state index contributed by atoms with van der Waals surface area (Å²) in [5, 5.41) is 17.4. The largest absolute Gasteiger partial charge is 0.478 e. The van der Waals surface area contributed by atoms with E-state index in [1.807, 2.05) is 0 Å². The molecule has 3 aromatic rings. The number of hydrogen-bond acceptors (Lipinski definition) is 5. The highest BCUT2D eigenvalue weighted by Crippen LogP contribution is 2.34. The van der Waals surface area contributed by atoms with E-state index in [1.165, 1.54) is 10.7 Å². The predicted octanol–water partition coefficient (Wildman–Crippen LogP) is 1.85. The summed E-state index contributed by atoms with van der Waals surface area (Å²) in [6.07, 6.45) is 0. The fraction of sp³-hybridized carbons (Fsp3) is 0.0714. The minimum atomic E-state index is -1.02. The standard InChI is InChI=1S/C14H9N3O4/c18-14(19)9-2-1-3-10-13(9)17(16-15-10)8-4-5-11-12(6-8)21-7-20-11/h1-6H,7H2,(H,18,19). The number of nitrogens with zero attached hydrogens (tertiary/aromatic N) is 3. The molecule has 0 fully saturated rings. The molecule has 0 spiro atoms. The molecule has 7 nitrogen and oxygen atoms in total. The van der Waals surface area contributed by atoms with Crippen LogP contribution >= 0.6 is 0 Å². The van der Waals surface area contributed by atoms with Crippen LogP contribution < -0.4 is 9.47 Å². The Morgan fingerprint density at radius 3 is 2.90 bits per heavy atom. The second-order valence-corrected chi connectivity index (χ2v) is 4.52. The second-order valence-electron chi connectivity index (χ2n) is 4.52. The molecule has 1 aromatic heterocycles. The molecule has 0 atom stereocenters. The third-order valence-corrected chi connectivity index (χ3v) is 3.30. The number of carboxylic acid groups (broad SMARTS) is 1. The number of carbonyl (C=O) groups is 1. The van der Waals surface area contributed by atoms with Gasteiger partial charge in [0.1, 0.15) is 11.0 Å². The minimum Gasteiger partial charge on any atom is -0.478 e. The van der Waals surface area contributed by atoms with Gasteiger partial charge in [-0.2, -0.15) is 0 Å². The first-order valence-electron chi connectivity index (χ1n) is 6.22. The maximum Gasteiger partial charge on any atom is 0.337 e. The first-order chi connectivity index (χ1) is 10.2. The molecule has 2 heterocycles. The lowest BCUT2D eigenvalue weighted by molar-refractivity contribution is 0.0698. The summed E-state index contributed by atoms with van der Waals surface area (Å²) in [5.74, 6) is 0.232. The van der Waals surface area contributed by atoms with Crippen molar-refractivity contribution in [3.8, 4) is 17.2 Å². The second kappa shape index (κ2) is 4.20. The van der Waals surface area contributed by atoms with Crippen molar-refractivity contribution >= 4 is 17.0 Å². The quantitative estimate of drug-likeness (QED) is 0.772. The van der Waals surface area contributed by atoms with Gasteiger partial charge in [0.25, 0.3) is 0 Å². The lowest BCUT2D eigenvalue weighted by Gasteiger charge is -2.05. The van der Waals surface area contributed by atoms with Gasteiger partial charge in [0.2, 0.25) is 6.79 Å². The van der Waals surface area contributed by atoms with E-state index in [1.54, 1.807) is 30.3 Å². The van der Waals surface area contributed by atoms with E-state index >= 15 is 0 Å². The Labute approximate surface area is 118 Å². The lowest BCUT2D eigenvalue weighted by Crippen LogP contribution is -2.03. The van der Waals surface area contributed by atoms with Gasteiger partial charge in [-0.3, -0.25) is 0 Å². The summed E-state index contributed by atoms with van der Waals surface area (Å²) in [6, 6.07) is 10.2. The molecule has 21 heavy (non-hydrogen) atoms. The summed E-state index contributed by atoms with van der Waals surface area (Å²) in [5.41, 5.74) is 1.78. The number of para-hydroxylation sites is 1. The van der Waals surface area contributed by atoms with Gasteiger partial charge in [0.05, 0.1) is 11.3 Å². The number of carboxylic acids is 1. The van der Waals surface area contributed by atoms with E-state index in [9.17, 15) is 9.90 Å². The summed E-state index contributed by atoms with van der Waals surface area (Å²) >= 11 is 0. The number of aromatic carboxylic acids is 1. The highest BCUT2D eigenvalue weighted by molar-refractivity contribution is 6.01. The molecule has 0 bridgehead atoms. The number of ether oxygens (including phenoxy) is 2. The Balaban J connectivity index is 1.96. The minimum absolute atomic E-state index is 0.148. The zero-order chi connectivity index (χ0) is 14.4. The van der Waals surface area contributed by atoms with Crippen molar-refractivity contribution in [1.29, 1.82) is 0 Å². The average Bonchev–Trinajstić information content (AvgIpc) is 3.12. The van der Waals surface area contributed by atoms with E-state index in [-0.39, 0.29) is 12.4 Å². The molecule has 0 aliphatic carbocycles. The molecule has 0 unspecified atom stereocenters. The van der Waals surface area contributed by atoms with E-state index in [4.69, 9.17) is 9.47 Å². The summed E-state index contributed by atoms with van der Waals surface area (Å²) in [7, 11) is 0. The molecule has 104 valence electrons. The van der Waals surface area contributed by atoms with Crippen molar-refractivity contribution in [3.63, 3.8) is 0 Å². The zero-order valence-electron chi connectivity index (χ0n) is 10.7. The third-order valence-electron chi connectivity index (χ3n) is 3.30. The molecule has 0 radical (unpaired) electrons. The van der Waals surface area contributed by atoms with E-state index in [0.717, 1.165) is 0 Å². The fourth-order valence-corrected chi connectivity index (χ4v) is 2.34. The normalized spacial score (nSPS) is 12.8. The Hall–Kier alpha value is -3.09. The van der Waals surface area contributed by atoms with E-state index in [2.05, 4.69) is 10.3 Å². The molecular formula is C14H9N3O4. The van der Waals surface area contributed by atoms with Crippen molar-refractivity contribution in [1.82, 2.24) is 15.0 Å². The average molecular weight is 283 g/mol. The molecular weight excluding hydrogens is 274 g/mol. The molecule has 7 heteroatoms. The smallest absolute Gasteiger partial charge is 0.337 e. The van der Waals surface area contributed by atoms with Gasteiger partial charge in [-0.15, -0.1) is 5.10 Å². The van der Waals surface area contributed by atoms with Gasteiger partial charge >= 0.3 is 5.97 Å². The van der Waals surface area contributed by atoms with Crippen LogP contribution in [-0.2, 0) is 0 Å². The Morgan fingerprint density at radius 1 is 1.19 bits per heavy atom. The van der Waals surface area contributed by atoms with Crippen LogP contribution in [0.4, 0.5) is 0 Å². The van der Waals surface area contributed by atoms with Crippen LogP contribution in [0.15, 0.2) is 36.4 Å². The summed E-state index contributed by atoms with van der Waals surface area (Å²) < 4.78 is 12.1. The maximum atomic E-state index is 11.4. The number of rotatable bonds is 2. The lowest BCUT2D eigenvalue weighted by atomic mass is 10.1. The van der Waals surface area contributed by atoms with Crippen molar-refractivity contribution in [2.75, 3.05) is 6.79 Å². The number of fused-ring (bicyclic) bond motifs is 2. The Kier molecular flexibility index (Phi) is 2.34. The molecule has 1 aliphatic rings. The van der Waals surface area contributed by atoms with Crippen molar-refractivity contribution in [2.24, 2.45) is 0 Å². The fourth-order valence-electron chi connectivity index (χ4n) is 2.34. The van der Waals surface area contributed by atoms with Crippen LogP contribution in [0.25, 0.3) is 16.7 Å². The molecule has 0 amide bonds. The van der Waals surface area contributed by atoms with Crippen molar-refractivity contribution in [2.45, 2.75) is 0 Å². The Morgan fingerprint density at radius 2 is 2.05 bits per heavy atom. The molecule has 0 saturated carbocycles. The number of aromatic nitrogens is 3. The summed E-state index contributed by atoms with van der Waals surface area (Å²) in [6.45, 7) is 0.178. The molecule has 2 aromatic carbocycles. The highest BCUT2D eigenvalue weighted by Gasteiger charge is 2.18. The van der Waals surface area contributed by atoms with Crippen LogP contribution in [-0.4, -0.2) is 32.9 Å². The molecule has 1 N–H and O–H groups in total. The van der Waals surface area contributed by atoms with Crippen LogP contribution in [0.5, 0.6) is 11.5 Å². The highest BCUT2D eigenvalue weighted by atomic mass is 16.7.